The Morgan fingerprint density at radius 3 is 2.00 bits per heavy atom. The summed E-state index contributed by atoms with van der Waals surface area (Å²) >= 11 is 4.19. The van der Waals surface area contributed by atoms with E-state index in [4.69, 9.17) is 0 Å². The van der Waals surface area contributed by atoms with Gasteiger partial charge in [-0.05, 0) is 37.5 Å². The zero-order chi connectivity index (χ0) is 10.1. The Labute approximate surface area is 94.9 Å². The average Bonchev–Trinajstić information content (AvgIpc) is 2.54. The Morgan fingerprint density at radius 1 is 1.00 bits per heavy atom. The third-order valence-corrected chi connectivity index (χ3v) is 5.63. The predicted octanol–water partition coefficient (Wildman–Crippen LogP) is 4.09. The van der Waals surface area contributed by atoms with Gasteiger partial charge in [0.15, 0.2) is 0 Å². The molecule has 0 saturated carbocycles. The first-order valence-corrected chi connectivity index (χ1v) is 7.09. The molecule has 76 valence electrons. The molecule has 0 nitrogen and oxygen atoms in total. The molecule has 0 aromatic heterocycles. The quantitative estimate of drug-likeness (QED) is 0.704. The molecule has 2 rings (SSSR count). The molecule has 0 amide bonds. The van der Waals surface area contributed by atoms with Gasteiger partial charge in [0.25, 0.3) is 0 Å². The van der Waals surface area contributed by atoms with E-state index >= 15 is 0 Å². The fraction of sp³-hybridized carbons (Fsp3) is 0.500. The molecule has 0 N–H and O–H groups in total. The second-order valence-corrected chi connectivity index (χ2v) is 6.61. The molecule has 2 heteroatoms. The van der Waals surface area contributed by atoms with Crippen LogP contribution in [0.25, 0.3) is 0 Å². The van der Waals surface area contributed by atoms with E-state index < -0.39 is 0 Å². The summed E-state index contributed by atoms with van der Waals surface area (Å²) in [5, 5.41) is 0. The molecule has 14 heavy (non-hydrogen) atoms. The Balaban J connectivity index is 2.40. The molecule has 0 bridgehead atoms. The molecule has 1 heterocycles. The highest BCUT2D eigenvalue weighted by Crippen LogP contribution is 2.47. The third-order valence-electron chi connectivity index (χ3n) is 2.60. The molecule has 0 radical (unpaired) electrons. The monoisotopic (exact) mass is 224 g/mol. The summed E-state index contributed by atoms with van der Waals surface area (Å²) in [6.07, 6.45) is 0. The topological polar surface area (TPSA) is 0 Å². The number of rotatable bonds is 1. The summed E-state index contributed by atoms with van der Waals surface area (Å²) in [5.41, 5.74) is 5.89. The van der Waals surface area contributed by atoms with Crippen molar-refractivity contribution >= 4 is 23.5 Å². The zero-order valence-electron chi connectivity index (χ0n) is 8.96. The van der Waals surface area contributed by atoms with E-state index in [-0.39, 0.29) is 0 Å². The first-order chi connectivity index (χ1) is 6.68. The summed E-state index contributed by atoms with van der Waals surface area (Å²) < 4.78 is 0.690. The minimum absolute atomic E-state index is 0.690. The number of aryl methyl sites for hydroxylation is 3. The lowest BCUT2D eigenvalue weighted by atomic mass is 10.0. The summed E-state index contributed by atoms with van der Waals surface area (Å²) in [7, 11) is 0. The first kappa shape index (κ1) is 10.4. The van der Waals surface area contributed by atoms with E-state index in [0.717, 1.165) is 0 Å². The summed E-state index contributed by atoms with van der Waals surface area (Å²) in [6.45, 7) is 6.67. The van der Waals surface area contributed by atoms with Gasteiger partial charge in [-0.3, -0.25) is 0 Å². The third kappa shape index (κ3) is 1.96. The van der Waals surface area contributed by atoms with Crippen molar-refractivity contribution in [2.24, 2.45) is 0 Å². The van der Waals surface area contributed by atoms with E-state index in [1.54, 1.807) is 5.56 Å². The number of thioether (sulfide) groups is 2. The number of hydrogen-bond donors (Lipinski definition) is 0. The van der Waals surface area contributed by atoms with Gasteiger partial charge in [0.2, 0.25) is 0 Å². The van der Waals surface area contributed by atoms with Gasteiger partial charge in [0, 0.05) is 11.5 Å². The lowest BCUT2D eigenvalue weighted by molar-refractivity contribution is 1.20. The largest absolute Gasteiger partial charge is 0.142 e. The second kappa shape index (κ2) is 4.19. The maximum atomic E-state index is 2.31. The summed E-state index contributed by atoms with van der Waals surface area (Å²) in [5.74, 6) is 2.62. The average molecular weight is 224 g/mol. The van der Waals surface area contributed by atoms with Crippen LogP contribution in [0, 0.1) is 20.8 Å². The van der Waals surface area contributed by atoms with Crippen molar-refractivity contribution in [2.75, 3.05) is 11.5 Å². The molecule has 0 aliphatic carbocycles. The van der Waals surface area contributed by atoms with Crippen LogP contribution in [0.4, 0.5) is 0 Å². The first-order valence-electron chi connectivity index (χ1n) is 4.99. The Morgan fingerprint density at radius 2 is 1.50 bits per heavy atom. The van der Waals surface area contributed by atoms with E-state index in [9.17, 15) is 0 Å². The molecular weight excluding hydrogens is 208 g/mol. The summed E-state index contributed by atoms with van der Waals surface area (Å²) in [6, 6.07) is 4.61. The normalized spacial score (nSPS) is 17.6. The minimum atomic E-state index is 0.690. The van der Waals surface area contributed by atoms with Crippen LogP contribution in [-0.2, 0) is 0 Å². The van der Waals surface area contributed by atoms with E-state index in [1.807, 2.05) is 0 Å². The van der Waals surface area contributed by atoms with Crippen LogP contribution in [0.15, 0.2) is 12.1 Å². The van der Waals surface area contributed by atoms with Crippen LogP contribution in [0.5, 0.6) is 0 Å². The van der Waals surface area contributed by atoms with Crippen molar-refractivity contribution in [3.05, 3.63) is 34.4 Å². The van der Waals surface area contributed by atoms with Gasteiger partial charge in [-0.1, -0.05) is 17.7 Å². The zero-order valence-corrected chi connectivity index (χ0v) is 10.6. The van der Waals surface area contributed by atoms with E-state index in [1.165, 1.54) is 28.2 Å². The Hall–Kier alpha value is -0.0800. The Bertz CT molecular complexity index is 315. The highest BCUT2D eigenvalue weighted by molar-refractivity contribution is 8.19. The van der Waals surface area contributed by atoms with Crippen molar-refractivity contribution < 1.29 is 0 Å². The van der Waals surface area contributed by atoms with Crippen LogP contribution < -0.4 is 0 Å². The molecular formula is C12H16S2. The Kier molecular flexibility index (Phi) is 3.13. The maximum absolute atomic E-state index is 2.31. The number of benzene rings is 1. The van der Waals surface area contributed by atoms with Gasteiger partial charge < -0.3 is 0 Å². The smallest absolute Gasteiger partial charge is 0.0756 e. The molecule has 1 fully saturated rings. The molecule has 1 aliphatic heterocycles. The van der Waals surface area contributed by atoms with Gasteiger partial charge in [-0.2, -0.15) is 0 Å². The fourth-order valence-electron chi connectivity index (χ4n) is 2.09. The van der Waals surface area contributed by atoms with Gasteiger partial charge in [-0.25, -0.2) is 0 Å². The fourth-order valence-corrected chi connectivity index (χ4v) is 5.33. The van der Waals surface area contributed by atoms with Crippen LogP contribution in [-0.4, -0.2) is 11.5 Å². The van der Waals surface area contributed by atoms with Gasteiger partial charge >= 0.3 is 0 Å². The van der Waals surface area contributed by atoms with Crippen LogP contribution in [0.3, 0.4) is 0 Å². The second-order valence-electron chi connectivity index (χ2n) is 3.89. The number of hydrogen-bond acceptors (Lipinski definition) is 2. The van der Waals surface area contributed by atoms with Gasteiger partial charge in [0.05, 0.1) is 4.58 Å². The predicted molar refractivity (Wildman–Crippen MR) is 68.3 cm³/mol. The van der Waals surface area contributed by atoms with Crippen molar-refractivity contribution in [2.45, 2.75) is 25.4 Å². The summed E-state index contributed by atoms with van der Waals surface area (Å²) in [4.78, 5) is 0. The van der Waals surface area contributed by atoms with Crippen LogP contribution >= 0.6 is 23.5 Å². The van der Waals surface area contributed by atoms with Crippen molar-refractivity contribution in [1.82, 2.24) is 0 Å². The van der Waals surface area contributed by atoms with E-state index in [2.05, 4.69) is 56.4 Å². The van der Waals surface area contributed by atoms with Crippen molar-refractivity contribution in [3.63, 3.8) is 0 Å². The van der Waals surface area contributed by atoms with Crippen LogP contribution in [0.2, 0.25) is 0 Å². The van der Waals surface area contributed by atoms with Crippen molar-refractivity contribution in [3.8, 4) is 0 Å². The van der Waals surface area contributed by atoms with Crippen LogP contribution in [0.1, 0.15) is 26.8 Å². The molecule has 1 aromatic rings. The van der Waals surface area contributed by atoms with Crippen molar-refractivity contribution in [1.29, 1.82) is 0 Å². The highest BCUT2D eigenvalue weighted by atomic mass is 32.2. The molecule has 0 spiro atoms. The SMILES string of the molecule is Cc1cc(C)c(C2SCCS2)c(C)c1. The highest BCUT2D eigenvalue weighted by Gasteiger charge is 2.21. The lowest BCUT2D eigenvalue weighted by Gasteiger charge is -2.16. The molecule has 0 atom stereocenters. The van der Waals surface area contributed by atoms with Gasteiger partial charge in [-0.15, -0.1) is 23.5 Å². The van der Waals surface area contributed by atoms with Gasteiger partial charge in [0.1, 0.15) is 0 Å². The molecule has 1 aromatic carbocycles. The standard InChI is InChI=1S/C12H16S2/c1-8-6-9(2)11(10(3)7-8)12-13-4-5-14-12/h6-7,12H,4-5H2,1-3H3. The van der Waals surface area contributed by atoms with E-state index in [0.29, 0.717) is 4.58 Å². The molecule has 1 aliphatic rings. The maximum Gasteiger partial charge on any atom is 0.0756 e. The lowest BCUT2D eigenvalue weighted by Crippen LogP contribution is -1.95. The minimum Gasteiger partial charge on any atom is -0.142 e. The molecule has 1 saturated heterocycles. The molecule has 0 unspecified atom stereocenters.